The Bertz CT molecular complexity index is 716. The van der Waals surface area contributed by atoms with Gasteiger partial charge in [0.1, 0.15) is 0 Å². The van der Waals surface area contributed by atoms with Crippen LogP contribution in [0.5, 0.6) is 0 Å². The van der Waals surface area contributed by atoms with Gasteiger partial charge in [-0.25, -0.2) is 0 Å². The molecule has 0 aliphatic rings. The molecule has 3 heteroatoms. The van der Waals surface area contributed by atoms with Crippen molar-refractivity contribution in [2.45, 2.75) is 20.1 Å². The van der Waals surface area contributed by atoms with Gasteiger partial charge in [0.05, 0.1) is 18.8 Å². The highest BCUT2D eigenvalue weighted by Crippen LogP contribution is 2.22. The number of benzene rings is 1. The van der Waals surface area contributed by atoms with E-state index in [0.717, 1.165) is 28.7 Å². The van der Waals surface area contributed by atoms with Gasteiger partial charge in [-0.15, -0.1) is 0 Å². The zero-order valence-corrected chi connectivity index (χ0v) is 10.9. The molecule has 3 aromatic rings. The Morgan fingerprint density at radius 3 is 2.79 bits per heavy atom. The van der Waals surface area contributed by atoms with Crippen molar-refractivity contribution in [1.29, 1.82) is 0 Å². The minimum absolute atomic E-state index is 0.0642. The molecule has 0 saturated heterocycles. The Labute approximate surface area is 112 Å². The standard InChI is InChI=1S/C16H16N2O/c1-12-5-4-8-17-15(12)10-18-9-13(11-19)14-6-2-3-7-16(14)18/h2-9,19H,10-11H2,1H3. The fraction of sp³-hybridized carbons (Fsp3) is 0.188. The molecule has 0 spiro atoms. The van der Waals surface area contributed by atoms with E-state index >= 15 is 0 Å². The lowest BCUT2D eigenvalue weighted by molar-refractivity contribution is 0.283. The van der Waals surface area contributed by atoms with E-state index in [2.05, 4.69) is 28.6 Å². The Balaban J connectivity index is 2.09. The van der Waals surface area contributed by atoms with E-state index in [0.29, 0.717) is 0 Å². The van der Waals surface area contributed by atoms with Gasteiger partial charge in [-0.05, 0) is 24.6 Å². The highest BCUT2D eigenvalue weighted by atomic mass is 16.3. The summed E-state index contributed by atoms with van der Waals surface area (Å²) < 4.78 is 2.15. The van der Waals surface area contributed by atoms with E-state index in [1.54, 1.807) is 0 Å². The van der Waals surface area contributed by atoms with Crippen LogP contribution in [-0.4, -0.2) is 14.7 Å². The van der Waals surface area contributed by atoms with Crippen molar-refractivity contribution >= 4 is 10.9 Å². The summed E-state index contributed by atoms with van der Waals surface area (Å²) in [5.74, 6) is 0. The number of aryl methyl sites for hydroxylation is 1. The smallest absolute Gasteiger partial charge is 0.0702 e. The first-order valence-corrected chi connectivity index (χ1v) is 6.37. The minimum Gasteiger partial charge on any atom is -0.392 e. The van der Waals surface area contributed by atoms with Gasteiger partial charge < -0.3 is 9.67 Å². The molecular formula is C16H16N2O. The average Bonchev–Trinajstić information content (AvgIpc) is 2.80. The normalized spacial score (nSPS) is 11.1. The molecular weight excluding hydrogens is 236 g/mol. The van der Waals surface area contributed by atoms with Gasteiger partial charge in [0.15, 0.2) is 0 Å². The second-order valence-corrected chi connectivity index (χ2v) is 4.72. The summed E-state index contributed by atoms with van der Waals surface area (Å²) in [7, 11) is 0. The van der Waals surface area contributed by atoms with Crippen LogP contribution in [0.4, 0.5) is 0 Å². The quantitative estimate of drug-likeness (QED) is 0.778. The number of hydrogen-bond donors (Lipinski definition) is 1. The van der Waals surface area contributed by atoms with Gasteiger partial charge >= 0.3 is 0 Å². The number of fused-ring (bicyclic) bond motifs is 1. The van der Waals surface area contributed by atoms with Crippen LogP contribution in [0.25, 0.3) is 10.9 Å². The van der Waals surface area contributed by atoms with Gasteiger partial charge in [-0.1, -0.05) is 24.3 Å². The van der Waals surface area contributed by atoms with Crippen LogP contribution in [0.15, 0.2) is 48.8 Å². The number of nitrogens with zero attached hydrogens (tertiary/aromatic N) is 2. The molecule has 0 aliphatic carbocycles. The minimum atomic E-state index is 0.0642. The van der Waals surface area contributed by atoms with Crippen molar-refractivity contribution in [3.63, 3.8) is 0 Å². The van der Waals surface area contributed by atoms with Crippen LogP contribution >= 0.6 is 0 Å². The van der Waals surface area contributed by atoms with Gasteiger partial charge in [-0.2, -0.15) is 0 Å². The first-order valence-electron chi connectivity index (χ1n) is 6.37. The largest absolute Gasteiger partial charge is 0.392 e. The summed E-state index contributed by atoms with van der Waals surface area (Å²) >= 11 is 0. The lowest BCUT2D eigenvalue weighted by atomic mass is 10.2. The molecule has 2 heterocycles. The van der Waals surface area contributed by atoms with E-state index in [9.17, 15) is 5.11 Å². The van der Waals surface area contributed by atoms with Crippen molar-refractivity contribution in [2.75, 3.05) is 0 Å². The van der Waals surface area contributed by atoms with E-state index < -0.39 is 0 Å². The molecule has 19 heavy (non-hydrogen) atoms. The number of aromatic nitrogens is 2. The van der Waals surface area contributed by atoms with Crippen molar-refractivity contribution in [3.8, 4) is 0 Å². The second-order valence-electron chi connectivity index (χ2n) is 4.72. The first kappa shape index (κ1) is 11.9. The molecule has 0 fully saturated rings. The van der Waals surface area contributed by atoms with E-state index in [1.165, 1.54) is 5.56 Å². The zero-order valence-electron chi connectivity index (χ0n) is 10.9. The van der Waals surface area contributed by atoms with Crippen molar-refractivity contribution in [2.24, 2.45) is 0 Å². The topological polar surface area (TPSA) is 38.0 Å². The summed E-state index contributed by atoms with van der Waals surface area (Å²) in [5.41, 5.74) is 4.35. The van der Waals surface area contributed by atoms with E-state index in [-0.39, 0.29) is 6.61 Å². The summed E-state index contributed by atoms with van der Waals surface area (Å²) in [6, 6.07) is 12.2. The second kappa shape index (κ2) is 4.86. The molecule has 0 bridgehead atoms. The number of rotatable bonds is 3. The highest BCUT2D eigenvalue weighted by Gasteiger charge is 2.08. The van der Waals surface area contributed by atoms with E-state index in [4.69, 9.17) is 0 Å². The summed E-state index contributed by atoms with van der Waals surface area (Å²) in [5, 5.41) is 10.6. The fourth-order valence-corrected chi connectivity index (χ4v) is 2.42. The third kappa shape index (κ3) is 2.13. The Hall–Kier alpha value is -2.13. The van der Waals surface area contributed by atoms with Crippen LogP contribution in [0.2, 0.25) is 0 Å². The summed E-state index contributed by atoms with van der Waals surface area (Å²) in [6.07, 6.45) is 3.83. The number of pyridine rings is 1. The molecule has 0 amide bonds. The summed E-state index contributed by atoms with van der Waals surface area (Å²) in [4.78, 5) is 4.43. The lowest BCUT2D eigenvalue weighted by Gasteiger charge is -2.07. The molecule has 3 nitrogen and oxygen atoms in total. The molecule has 1 aromatic carbocycles. The van der Waals surface area contributed by atoms with Gasteiger partial charge in [0.25, 0.3) is 0 Å². The lowest BCUT2D eigenvalue weighted by Crippen LogP contribution is -2.02. The maximum absolute atomic E-state index is 9.44. The third-order valence-electron chi connectivity index (χ3n) is 3.48. The van der Waals surface area contributed by atoms with Crippen molar-refractivity contribution < 1.29 is 5.11 Å². The fourth-order valence-electron chi connectivity index (χ4n) is 2.42. The average molecular weight is 252 g/mol. The maximum Gasteiger partial charge on any atom is 0.0702 e. The van der Waals surface area contributed by atoms with Crippen LogP contribution in [0.1, 0.15) is 16.8 Å². The Morgan fingerprint density at radius 1 is 1.16 bits per heavy atom. The molecule has 3 rings (SSSR count). The molecule has 1 N–H and O–H groups in total. The van der Waals surface area contributed by atoms with Crippen molar-refractivity contribution in [3.05, 3.63) is 65.6 Å². The first-order chi connectivity index (χ1) is 9.29. The monoisotopic (exact) mass is 252 g/mol. The molecule has 0 atom stereocenters. The van der Waals surface area contributed by atoms with Gasteiger partial charge in [-0.3, -0.25) is 4.98 Å². The number of para-hydroxylation sites is 1. The predicted octanol–water partition coefficient (Wildman–Crippen LogP) is 2.89. The number of aliphatic hydroxyl groups excluding tert-OH is 1. The summed E-state index contributed by atoms with van der Waals surface area (Å²) in [6.45, 7) is 2.86. The predicted molar refractivity (Wildman–Crippen MR) is 75.9 cm³/mol. The molecule has 0 saturated carbocycles. The van der Waals surface area contributed by atoms with Crippen LogP contribution in [-0.2, 0) is 13.2 Å². The van der Waals surface area contributed by atoms with E-state index in [1.807, 2.05) is 36.7 Å². The van der Waals surface area contributed by atoms with Crippen LogP contribution in [0.3, 0.4) is 0 Å². The van der Waals surface area contributed by atoms with Gasteiger partial charge in [0, 0.05) is 28.9 Å². The third-order valence-corrected chi connectivity index (χ3v) is 3.48. The Kier molecular flexibility index (Phi) is 3.05. The molecule has 0 radical (unpaired) electrons. The Morgan fingerprint density at radius 2 is 2.00 bits per heavy atom. The number of aliphatic hydroxyl groups is 1. The van der Waals surface area contributed by atoms with Gasteiger partial charge in [0.2, 0.25) is 0 Å². The molecule has 0 unspecified atom stereocenters. The van der Waals surface area contributed by atoms with Crippen LogP contribution in [0, 0.1) is 6.92 Å². The highest BCUT2D eigenvalue weighted by molar-refractivity contribution is 5.83. The zero-order chi connectivity index (χ0) is 13.2. The van der Waals surface area contributed by atoms with Crippen LogP contribution < -0.4 is 0 Å². The molecule has 96 valence electrons. The molecule has 0 aliphatic heterocycles. The van der Waals surface area contributed by atoms with Crippen molar-refractivity contribution in [1.82, 2.24) is 9.55 Å². The molecule has 2 aromatic heterocycles. The number of hydrogen-bond acceptors (Lipinski definition) is 2. The SMILES string of the molecule is Cc1cccnc1Cn1cc(CO)c2ccccc21. The maximum atomic E-state index is 9.44.